The molecule has 1 nitrogen and oxygen atoms in total. The highest BCUT2D eigenvalue weighted by Gasteiger charge is 2.36. The van der Waals surface area contributed by atoms with Gasteiger partial charge in [0.25, 0.3) is 0 Å². The van der Waals surface area contributed by atoms with E-state index >= 15 is 0 Å². The standard InChI is InChI=1S/C10H14BrFO/c1-7(2)8-4-5-10(12,13-3)9(11)6-8/h4-7,9H,1-3H3. The largest absolute Gasteiger partial charge is 0.345 e. The van der Waals surface area contributed by atoms with E-state index < -0.39 is 10.7 Å². The number of rotatable bonds is 2. The van der Waals surface area contributed by atoms with Gasteiger partial charge in [-0.1, -0.05) is 41.9 Å². The van der Waals surface area contributed by atoms with E-state index in [0.29, 0.717) is 5.92 Å². The molecular formula is C10H14BrFO. The third-order valence-electron chi connectivity index (χ3n) is 2.20. The summed E-state index contributed by atoms with van der Waals surface area (Å²) in [5.74, 6) is -1.28. The Morgan fingerprint density at radius 3 is 2.62 bits per heavy atom. The molecule has 3 heteroatoms. The molecule has 0 saturated heterocycles. The van der Waals surface area contributed by atoms with E-state index in [-0.39, 0.29) is 0 Å². The highest BCUT2D eigenvalue weighted by Crippen LogP contribution is 2.33. The van der Waals surface area contributed by atoms with Gasteiger partial charge in [0.15, 0.2) is 0 Å². The van der Waals surface area contributed by atoms with E-state index in [0.717, 1.165) is 5.57 Å². The Kier molecular flexibility index (Phi) is 3.30. The Hall–Kier alpha value is -0.150. The van der Waals surface area contributed by atoms with E-state index in [2.05, 4.69) is 29.8 Å². The highest BCUT2D eigenvalue weighted by atomic mass is 79.9. The molecule has 2 atom stereocenters. The Morgan fingerprint density at radius 2 is 2.23 bits per heavy atom. The van der Waals surface area contributed by atoms with Crippen molar-refractivity contribution in [2.75, 3.05) is 7.11 Å². The molecule has 0 N–H and O–H groups in total. The van der Waals surface area contributed by atoms with Gasteiger partial charge in [0.1, 0.15) is 0 Å². The topological polar surface area (TPSA) is 9.23 Å². The normalized spacial score (nSPS) is 33.7. The van der Waals surface area contributed by atoms with Crippen LogP contribution in [0.25, 0.3) is 0 Å². The van der Waals surface area contributed by atoms with Gasteiger partial charge in [-0.3, -0.25) is 0 Å². The average molecular weight is 249 g/mol. The van der Waals surface area contributed by atoms with Crippen molar-refractivity contribution in [3.63, 3.8) is 0 Å². The predicted molar refractivity (Wildman–Crippen MR) is 55.6 cm³/mol. The molecule has 0 saturated carbocycles. The fourth-order valence-corrected chi connectivity index (χ4v) is 1.85. The maximum atomic E-state index is 13.7. The maximum Gasteiger partial charge on any atom is 0.244 e. The van der Waals surface area contributed by atoms with Gasteiger partial charge in [-0.05, 0) is 17.6 Å². The molecule has 0 aromatic heterocycles. The van der Waals surface area contributed by atoms with Crippen LogP contribution < -0.4 is 0 Å². The molecule has 1 aliphatic rings. The van der Waals surface area contributed by atoms with Crippen molar-refractivity contribution in [3.05, 3.63) is 23.8 Å². The van der Waals surface area contributed by atoms with Crippen LogP contribution in [0.3, 0.4) is 0 Å². The second-order valence-corrected chi connectivity index (χ2v) is 4.44. The average Bonchev–Trinajstić information content (AvgIpc) is 2.09. The lowest BCUT2D eigenvalue weighted by molar-refractivity contribution is -0.0713. The van der Waals surface area contributed by atoms with Crippen molar-refractivity contribution in [2.24, 2.45) is 5.92 Å². The molecule has 0 aromatic carbocycles. The van der Waals surface area contributed by atoms with Gasteiger partial charge in [-0.25, -0.2) is 4.39 Å². The third-order valence-corrected chi connectivity index (χ3v) is 3.09. The molecule has 0 spiro atoms. The Morgan fingerprint density at radius 1 is 1.62 bits per heavy atom. The SMILES string of the molecule is COC1(F)C=CC(C(C)C)=CC1Br. The van der Waals surface area contributed by atoms with E-state index in [1.54, 1.807) is 6.08 Å². The van der Waals surface area contributed by atoms with E-state index in [4.69, 9.17) is 4.74 Å². The number of hydrogen-bond acceptors (Lipinski definition) is 1. The van der Waals surface area contributed by atoms with Gasteiger partial charge >= 0.3 is 0 Å². The Balaban J connectivity index is 2.85. The summed E-state index contributed by atoms with van der Waals surface area (Å²) in [4.78, 5) is -0.396. The molecule has 0 fully saturated rings. The molecule has 1 rings (SSSR count). The second kappa shape index (κ2) is 3.93. The van der Waals surface area contributed by atoms with Crippen LogP contribution in [0.4, 0.5) is 4.39 Å². The van der Waals surface area contributed by atoms with Crippen LogP contribution in [0.2, 0.25) is 0 Å². The molecule has 0 aliphatic heterocycles. The fourth-order valence-electron chi connectivity index (χ4n) is 1.21. The monoisotopic (exact) mass is 248 g/mol. The van der Waals surface area contributed by atoms with Crippen LogP contribution in [-0.2, 0) is 4.74 Å². The lowest BCUT2D eigenvalue weighted by atomic mass is 9.95. The first kappa shape index (κ1) is 10.9. The number of halogens is 2. The first-order valence-electron chi connectivity index (χ1n) is 4.28. The predicted octanol–water partition coefficient (Wildman–Crippen LogP) is 3.21. The molecule has 0 bridgehead atoms. The van der Waals surface area contributed by atoms with Gasteiger partial charge < -0.3 is 4.74 Å². The van der Waals surface area contributed by atoms with Crippen molar-refractivity contribution in [2.45, 2.75) is 24.5 Å². The summed E-state index contributed by atoms with van der Waals surface area (Å²) in [6.07, 6.45) is 5.10. The van der Waals surface area contributed by atoms with Crippen molar-refractivity contribution in [1.29, 1.82) is 0 Å². The summed E-state index contributed by atoms with van der Waals surface area (Å²) >= 11 is 3.25. The fraction of sp³-hybridized carbons (Fsp3) is 0.600. The molecule has 2 unspecified atom stereocenters. The molecule has 0 aromatic rings. The zero-order valence-corrected chi connectivity index (χ0v) is 9.64. The summed E-state index contributed by atoms with van der Waals surface area (Å²) in [5.41, 5.74) is 1.13. The number of ether oxygens (including phenoxy) is 1. The first-order chi connectivity index (χ1) is 5.99. The number of alkyl halides is 2. The lowest BCUT2D eigenvalue weighted by Gasteiger charge is -2.28. The maximum absolute atomic E-state index is 13.7. The molecule has 0 radical (unpaired) electrons. The summed E-state index contributed by atoms with van der Waals surface area (Å²) < 4.78 is 18.5. The summed E-state index contributed by atoms with van der Waals surface area (Å²) in [7, 11) is 1.37. The molecular weight excluding hydrogens is 235 g/mol. The quantitative estimate of drug-likeness (QED) is 0.683. The number of allylic oxidation sites excluding steroid dienone is 2. The first-order valence-corrected chi connectivity index (χ1v) is 5.20. The van der Waals surface area contributed by atoms with Crippen molar-refractivity contribution in [1.82, 2.24) is 0 Å². The smallest absolute Gasteiger partial charge is 0.244 e. The minimum absolute atomic E-state index is 0.396. The van der Waals surface area contributed by atoms with E-state index in [1.165, 1.54) is 13.2 Å². The molecule has 13 heavy (non-hydrogen) atoms. The number of hydrogen-bond donors (Lipinski definition) is 0. The minimum atomic E-state index is -1.70. The van der Waals surface area contributed by atoms with Crippen molar-refractivity contribution in [3.8, 4) is 0 Å². The molecule has 74 valence electrons. The van der Waals surface area contributed by atoms with Gasteiger partial charge in [0, 0.05) is 7.11 Å². The Bertz CT molecular complexity index is 247. The van der Waals surface area contributed by atoms with E-state index in [9.17, 15) is 4.39 Å². The van der Waals surface area contributed by atoms with Crippen molar-refractivity contribution >= 4 is 15.9 Å². The molecule has 0 heterocycles. The summed E-state index contributed by atoms with van der Waals surface area (Å²) in [5, 5.41) is 0. The zero-order chi connectivity index (χ0) is 10.1. The van der Waals surface area contributed by atoms with Crippen LogP contribution >= 0.6 is 15.9 Å². The van der Waals surface area contributed by atoms with Gasteiger partial charge in [0.2, 0.25) is 5.85 Å². The third kappa shape index (κ3) is 2.20. The van der Waals surface area contributed by atoms with Crippen LogP contribution in [-0.4, -0.2) is 17.8 Å². The highest BCUT2D eigenvalue weighted by molar-refractivity contribution is 9.09. The minimum Gasteiger partial charge on any atom is -0.345 e. The number of methoxy groups -OCH3 is 1. The van der Waals surface area contributed by atoms with Crippen LogP contribution in [0.5, 0.6) is 0 Å². The molecule has 1 aliphatic carbocycles. The van der Waals surface area contributed by atoms with Gasteiger partial charge in [-0.2, -0.15) is 0 Å². The summed E-state index contributed by atoms with van der Waals surface area (Å²) in [6, 6.07) is 0. The van der Waals surface area contributed by atoms with Crippen LogP contribution in [0.15, 0.2) is 23.8 Å². The second-order valence-electron chi connectivity index (χ2n) is 3.46. The van der Waals surface area contributed by atoms with Crippen LogP contribution in [0, 0.1) is 5.92 Å². The van der Waals surface area contributed by atoms with Crippen LogP contribution in [0.1, 0.15) is 13.8 Å². The lowest BCUT2D eigenvalue weighted by Crippen LogP contribution is -2.34. The molecule has 0 amide bonds. The van der Waals surface area contributed by atoms with Gasteiger partial charge in [-0.15, -0.1) is 0 Å². The van der Waals surface area contributed by atoms with Crippen molar-refractivity contribution < 1.29 is 9.13 Å². The van der Waals surface area contributed by atoms with Gasteiger partial charge in [0.05, 0.1) is 4.83 Å². The van der Waals surface area contributed by atoms with E-state index in [1.807, 2.05) is 6.08 Å². The zero-order valence-electron chi connectivity index (χ0n) is 8.05. The summed E-state index contributed by atoms with van der Waals surface area (Å²) in [6.45, 7) is 4.15. The Labute approximate surface area is 86.8 Å².